The lowest BCUT2D eigenvalue weighted by Gasteiger charge is -2.07. The molecule has 0 unspecified atom stereocenters. The Bertz CT molecular complexity index is 410. The second kappa shape index (κ2) is 5.89. The fraction of sp³-hybridized carbons (Fsp3) is 0.333. The van der Waals surface area contributed by atoms with E-state index in [1.807, 2.05) is 13.8 Å². The molecule has 92 valence electrons. The molecule has 0 aliphatic heterocycles. The van der Waals surface area contributed by atoms with Crippen molar-refractivity contribution in [2.24, 2.45) is 0 Å². The molecule has 1 aromatic rings. The van der Waals surface area contributed by atoms with E-state index in [1.165, 1.54) is 0 Å². The van der Waals surface area contributed by atoms with Gasteiger partial charge in [0.2, 0.25) is 5.91 Å². The van der Waals surface area contributed by atoms with E-state index in [4.69, 9.17) is 5.73 Å². The van der Waals surface area contributed by atoms with Gasteiger partial charge in [0.1, 0.15) is 0 Å². The number of anilines is 1. The molecule has 5 nitrogen and oxygen atoms in total. The number of carbonyl (C=O) groups is 2. The first-order valence-electron chi connectivity index (χ1n) is 5.45. The topological polar surface area (TPSA) is 84.2 Å². The van der Waals surface area contributed by atoms with Gasteiger partial charge in [0.15, 0.2) is 0 Å². The van der Waals surface area contributed by atoms with Crippen molar-refractivity contribution >= 4 is 17.5 Å². The van der Waals surface area contributed by atoms with Gasteiger partial charge in [-0.1, -0.05) is 0 Å². The van der Waals surface area contributed by atoms with Crippen LogP contribution in [0.2, 0.25) is 0 Å². The summed E-state index contributed by atoms with van der Waals surface area (Å²) in [5, 5.41) is 5.13. The summed E-state index contributed by atoms with van der Waals surface area (Å²) in [5.74, 6) is -0.506. The van der Waals surface area contributed by atoms with Crippen LogP contribution in [-0.2, 0) is 4.79 Å². The number of carbonyl (C=O) groups excluding carboxylic acids is 2. The van der Waals surface area contributed by atoms with Gasteiger partial charge >= 0.3 is 0 Å². The molecule has 4 N–H and O–H groups in total. The first-order valence-corrected chi connectivity index (χ1v) is 5.45. The number of hydrogen-bond acceptors (Lipinski definition) is 3. The van der Waals surface area contributed by atoms with Crippen molar-refractivity contribution in [3.05, 3.63) is 29.3 Å². The minimum Gasteiger partial charge on any atom is -0.399 e. The molecule has 0 spiro atoms. The van der Waals surface area contributed by atoms with E-state index in [-0.39, 0.29) is 18.4 Å². The standard InChI is InChI=1S/C12H17N3O2/c1-3-14-11(16)7-15-12(17)9-4-8(2)5-10(13)6-9/h4-6H,3,7,13H2,1-2H3,(H,14,16)(H,15,17). The maximum Gasteiger partial charge on any atom is 0.251 e. The highest BCUT2D eigenvalue weighted by Gasteiger charge is 2.08. The van der Waals surface area contributed by atoms with E-state index in [9.17, 15) is 9.59 Å². The van der Waals surface area contributed by atoms with Gasteiger partial charge in [0, 0.05) is 17.8 Å². The zero-order chi connectivity index (χ0) is 12.8. The number of hydrogen-bond donors (Lipinski definition) is 3. The fourth-order valence-electron chi connectivity index (χ4n) is 1.47. The second-order valence-corrected chi connectivity index (χ2v) is 3.77. The quantitative estimate of drug-likeness (QED) is 0.662. The summed E-state index contributed by atoms with van der Waals surface area (Å²) in [6.45, 7) is 4.20. The van der Waals surface area contributed by atoms with E-state index in [2.05, 4.69) is 10.6 Å². The molecule has 17 heavy (non-hydrogen) atoms. The Morgan fingerprint density at radius 2 is 1.94 bits per heavy atom. The molecular weight excluding hydrogens is 218 g/mol. The minimum atomic E-state index is -0.299. The third-order valence-electron chi connectivity index (χ3n) is 2.15. The van der Waals surface area contributed by atoms with E-state index in [0.29, 0.717) is 17.8 Å². The highest BCUT2D eigenvalue weighted by atomic mass is 16.2. The highest BCUT2D eigenvalue weighted by Crippen LogP contribution is 2.10. The van der Waals surface area contributed by atoms with Gasteiger partial charge in [-0.15, -0.1) is 0 Å². The largest absolute Gasteiger partial charge is 0.399 e. The monoisotopic (exact) mass is 235 g/mol. The molecule has 0 saturated heterocycles. The molecule has 0 radical (unpaired) electrons. The van der Waals surface area contributed by atoms with Gasteiger partial charge < -0.3 is 16.4 Å². The lowest BCUT2D eigenvalue weighted by Crippen LogP contribution is -2.36. The van der Waals surface area contributed by atoms with Crippen molar-refractivity contribution < 1.29 is 9.59 Å². The lowest BCUT2D eigenvalue weighted by molar-refractivity contribution is -0.120. The first-order chi connectivity index (χ1) is 8.02. The van der Waals surface area contributed by atoms with Crippen molar-refractivity contribution in [2.75, 3.05) is 18.8 Å². The average molecular weight is 235 g/mol. The summed E-state index contributed by atoms with van der Waals surface area (Å²) in [4.78, 5) is 22.9. The van der Waals surface area contributed by atoms with Gasteiger partial charge in [0.25, 0.3) is 5.91 Å². The number of benzene rings is 1. The molecule has 2 amide bonds. The zero-order valence-corrected chi connectivity index (χ0v) is 10.0. The van der Waals surface area contributed by atoms with Crippen molar-refractivity contribution in [1.29, 1.82) is 0 Å². The number of aryl methyl sites for hydroxylation is 1. The molecule has 0 saturated carbocycles. The predicted octanol–water partition coefficient (Wildman–Crippen LogP) is 0.443. The van der Waals surface area contributed by atoms with Crippen LogP contribution in [0.15, 0.2) is 18.2 Å². The van der Waals surface area contributed by atoms with Crippen LogP contribution in [0, 0.1) is 6.92 Å². The maximum atomic E-state index is 11.7. The summed E-state index contributed by atoms with van der Waals surface area (Å²) in [7, 11) is 0. The van der Waals surface area contributed by atoms with Crippen molar-refractivity contribution in [3.8, 4) is 0 Å². The van der Waals surface area contributed by atoms with Crippen LogP contribution in [0.1, 0.15) is 22.8 Å². The summed E-state index contributed by atoms with van der Waals surface area (Å²) in [5.41, 5.74) is 7.55. The Kier molecular flexibility index (Phi) is 4.51. The normalized spacial score (nSPS) is 9.76. The number of amides is 2. The summed E-state index contributed by atoms with van der Waals surface area (Å²) < 4.78 is 0. The number of nitrogen functional groups attached to an aromatic ring is 1. The van der Waals surface area contributed by atoms with Crippen LogP contribution < -0.4 is 16.4 Å². The molecule has 0 fully saturated rings. The zero-order valence-electron chi connectivity index (χ0n) is 10.0. The SMILES string of the molecule is CCNC(=O)CNC(=O)c1cc(C)cc(N)c1. The third kappa shape index (κ3) is 4.14. The van der Waals surface area contributed by atoms with E-state index >= 15 is 0 Å². The summed E-state index contributed by atoms with van der Waals surface area (Å²) in [6, 6.07) is 5.09. The molecule has 0 heterocycles. The average Bonchev–Trinajstić information content (AvgIpc) is 2.25. The van der Waals surface area contributed by atoms with Crippen molar-refractivity contribution in [1.82, 2.24) is 10.6 Å². The second-order valence-electron chi connectivity index (χ2n) is 3.77. The predicted molar refractivity (Wildman–Crippen MR) is 66.6 cm³/mol. The number of nitrogens with one attached hydrogen (secondary N) is 2. The Hall–Kier alpha value is -2.04. The molecule has 0 aliphatic carbocycles. The first kappa shape index (κ1) is 13.0. The molecule has 1 aromatic carbocycles. The smallest absolute Gasteiger partial charge is 0.251 e. The molecule has 0 aliphatic rings. The van der Waals surface area contributed by atoms with Crippen molar-refractivity contribution in [2.45, 2.75) is 13.8 Å². The van der Waals surface area contributed by atoms with Crippen LogP contribution in [0.5, 0.6) is 0 Å². The Morgan fingerprint density at radius 1 is 1.24 bits per heavy atom. The molecule has 0 bridgehead atoms. The molecule has 1 rings (SSSR count). The summed E-state index contributed by atoms with van der Waals surface area (Å²) in [6.07, 6.45) is 0. The lowest BCUT2D eigenvalue weighted by atomic mass is 10.1. The Labute approximate surface area is 100 Å². The Morgan fingerprint density at radius 3 is 2.53 bits per heavy atom. The van der Waals surface area contributed by atoms with Gasteiger partial charge in [0.05, 0.1) is 6.54 Å². The van der Waals surface area contributed by atoms with Gasteiger partial charge in [-0.2, -0.15) is 0 Å². The maximum absolute atomic E-state index is 11.7. The van der Waals surface area contributed by atoms with Gasteiger partial charge in [-0.25, -0.2) is 0 Å². The van der Waals surface area contributed by atoms with Crippen LogP contribution >= 0.6 is 0 Å². The number of nitrogens with two attached hydrogens (primary N) is 1. The van der Waals surface area contributed by atoms with Crippen molar-refractivity contribution in [3.63, 3.8) is 0 Å². The fourth-order valence-corrected chi connectivity index (χ4v) is 1.47. The van der Waals surface area contributed by atoms with Gasteiger partial charge in [-0.05, 0) is 37.6 Å². The van der Waals surface area contributed by atoms with Crippen LogP contribution in [0.25, 0.3) is 0 Å². The van der Waals surface area contributed by atoms with Crippen LogP contribution in [0.3, 0.4) is 0 Å². The number of rotatable bonds is 4. The summed E-state index contributed by atoms with van der Waals surface area (Å²) >= 11 is 0. The van der Waals surface area contributed by atoms with Crippen LogP contribution in [-0.4, -0.2) is 24.9 Å². The molecule has 0 aromatic heterocycles. The Balaban J connectivity index is 2.61. The van der Waals surface area contributed by atoms with E-state index in [1.54, 1.807) is 18.2 Å². The highest BCUT2D eigenvalue weighted by molar-refractivity contribution is 5.97. The third-order valence-corrected chi connectivity index (χ3v) is 2.15. The minimum absolute atomic E-state index is 0.0273. The van der Waals surface area contributed by atoms with Crippen LogP contribution in [0.4, 0.5) is 5.69 Å². The van der Waals surface area contributed by atoms with E-state index in [0.717, 1.165) is 5.56 Å². The van der Waals surface area contributed by atoms with E-state index < -0.39 is 0 Å². The molecular formula is C12H17N3O2. The van der Waals surface area contributed by atoms with Gasteiger partial charge in [-0.3, -0.25) is 9.59 Å². The molecule has 5 heteroatoms. The number of likely N-dealkylation sites (N-methyl/N-ethyl adjacent to an activating group) is 1. The molecule has 0 atom stereocenters.